The van der Waals surface area contributed by atoms with Crippen LogP contribution in [0.5, 0.6) is 0 Å². The Morgan fingerprint density at radius 3 is 2.50 bits per heavy atom. The van der Waals surface area contributed by atoms with E-state index in [-0.39, 0.29) is 28.7 Å². The van der Waals surface area contributed by atoms with E-state index in [1.165, 1.54) is 0 Å². The van der Waals surface area contributed by atoms with Crippen LogP contribution in [0.4, 0.5) is 0 Å². The molecule has 2 unspecified atom stereocenters. The van der Waals surface area contributed by atoms with Crippen molar-refractivity contribution in [2.75, 3.05) is 32.8 Å². The fraction of sp³-hybridized carbons (Fsp3) is 0.700. The van der Waals surface area contributed by atoms with Gasteiger partial charge in [-0.05, 0) is 31.9 Å². The van der Waals surface area contributed by atoms with Crippen LogP contribution >= 0.6 is 0 Å². The summed E-state index contributed by atoms with van der Waals surface area (Å²) in [7, 11) is 0. The fourth-order valence-corrected chi connectivity index (χ4v) is 4.68. The molecule has 3 saturated heterocycles. The molecule has 3 aliphatic heterocycles. The number of nitrogens with zero attached hydrogens (tertiary/aromatic N) is 3. The minimum absolute atomic E-state index is 0.0584. The predicted octanol–water partition coefficient (Wildman–Crippen LogP) is 2.00. The van der Waals surface area contributed by atoms with E-state index >= 15 is 0 Å². The monoisotopic (exact) mass is 359 g/mol. The lowest BCUT2D eigenvalue weighted by molar-refractivity contribution is -0.192. The second kappa shape index (κ2) is 6.12. The van der Waals surface area contributed by atoms with Crippen LogP contribution in [-0.2, 0) is 16.1 Å². The summed E-state index contributed by atoms with van der Waals surface area (Å²) in [6.45, 7) is 10.7. The topological polar surface area (TPSA) is 54.8 Å². The highest BCUT2D eigenvalue weighted by Gasteiger charge is 2.51. The Morgan fingerprint density at radius 1 is 1.19 bits per heavy atom. The van der Waals surface area contributed by atoms with E-state index in [1.54, 1.807) is 0 Å². The first-order valence-electron chi connectivity index (χ1n) is 9.70. The summed E-state index contributed by atoms with van der Waals surface area (Å²) >= 11 is 0. The van der Waals surface area contributed by atoms with Gasteiger partial charge in [0, 0.05) is 49.8 Å². The molecule has 1 spiro atoms. The minimum atomic E-state index is -0.301. The van der Waals surface area contributed by atoms with Gasteiger partial charge in [0.15, 0.2) is 0 Å². The first-order valence-corrected chi connectivity index (χ1v) is 9.70. The van der Waals surface area contributed by atoms with Crippen molar-refractivity contribution in [2.24, 2.45) is 10.8 Å². The molecule has 6 heteroatoms. The number of likely N-dealkylation sites (tertiary alicyclic amines) is 2. The maximum Gasteiger partial charge on any atom is 0.270 e. The number of hydrogen-bond donors (Lipinski definition) is 0. The van der Waals surface area contributed by atoms with Crippen molar-refractivity contribution in [3.8, 4) is 0 Å². The van der Waals surface area contributed by atoms with Crippen molar-refractivity contribution >= 4 is 11.8 Å². The maximum absolute atomic E-state index is 12.9. The van der Waals surface area contributed by atoms with E-state index in [1.807, 2.05) is 39.6 Å². The second-order valence-corrected chi connectivity index (χ2v) is 8.85. The zero-order valence-corrected chi connectivity index (χ0v) is 16.0. The van der Waals surface area contributed by atoms with Crippen molar-refractivity contribution in [2.45, 2.75) is 46.3 Å². The summed E-state index contributed by atoms with van der Waals surface area (Å²) < 4.78 is 7.54. The van der Waals surface area contributed by atoms with Crippen LogP contribution < -0.4 is 0 Å². The van der Waals surface area contributed by atoms with E-state index < -0.39 is 0 Å². The molecule has 6 nitrogen and oxygen atoms in total. The Bertz CT molecular complexity index is 726. The van der Waals surface area contributed by atoms with Crippen molar-refractivity contribution in [1.82, 2.24) is 14.4 Å². The van der Waals surface area contributed by atoms with Gasteiger partial charge in [-0.15, -0.1) is 0 Å². The zero-order valence-electron chi connectivity index (χ0n) is 16.0. The van der Waals surface area contributed by atoms with E-state index in [4.69, 9.17) is 4.74 Å². The molecular formula is C20H29N3O3. The molecule has 0 N–H and O–H groups in total. The number of amides is 2. The number of aromatic nitrogens is 1. The zero-order chi connectivity index (χ0) is 18.5. The summed E-state index contributed by atoms with van der Waals surface area (Å²) in [5, 5.41) is 0. The van der Waals surface area contributed by atoms with Gasteiger partial charge in [-0.1, -0.05) is 13.8 Å². The largest absolute Gasteiger partial charge is 0.367 e. The molecule has 3 aliphatic rings. The number of carbonyl (C=O) groups excluding carboxylic acids is 2. The van der Waals surface area contributed by atoms with Crippen LogP contribution in [0.2, 0.25) is 0 Å². The molecule has 4 heterocycles. The summed E-state index contributed by atoms with van der Waals surface area (Å²) in [5.41, 5.74) is 0.763. The molecule has 0 radical (unpaired) electrons. The third-order valence-corrected chi connectivity index (χ3v) is 6.42. The Morgan fingerprint density at radius 2 is 1.88 bits per heavy atom. The molecule has 142 valence electrons. The van der Waals surface area contributed by atoms with Crippen molar-refractivity contribution in [3.05, 3.63) is 24.0 Å². The van der Waals surface area contributed by atoms with Gasteiger partial charge < -0.3 is 19.1 Å². The van der Waals surface area contributed by atoms with Gasteiger partial charge in [-0.25, -0.2) is 0 Å². The smallest absolute Gasteiger partial charge is 0.270 e. The number of hydrogen-bond acceptors (Lipinski definition) is 3. The van der Waals surface area contributed by atoms with E-state index in [2.05, 4.69) is 13.8 Å². The standard InChI is InChI=1S/C20H29N3O3/c1-4-21-9-5-6-15(21)17(24)22-10-7-20(12-22)8-11-23(13-20)18(25)16-19(2,3)14-26-16/h5-6,9,16H,4,7-8,10-14H2,1-3H3. The van der Waals surface area contributed by atoms with E-state index in [0.29, 0.717) is 6.61 Å². The van der Waals surface area contributed by atoms with Gasteiger partial charge in [0.2, 0.25) is 0 Å². The maximum atomic E-state index is 12.9. The molecule has 0 aliphatic carbocycles. The SMILES string of the molecule is CCn1cccc1C(=O)N1CCC2(CCN(C(=O)C3OCC3(C)C)C2)C1. The van der Waals surface area contributed by atoms with Crippen molar-refractivity contribution < 1.29 is 14.3 Å². The highest BCUT2D eigenvalue weighted by molar-refractivity contribution is 5.93. The third kappa shape index (κ3) is 2.75. The quantitative estimate of drug-likeness (QED) is 0.829. The first-order chi connectivity index (χ1) is 12.4. The van der Waals surface area contributed by atoms with Gasteiger partial charge in [-0.2, -0.15) is 0 Å². The molecule has 1 aromatic heterocycles. The summed E-state index contributed by atoms with van der Waals surface area (Å²) in [4.78, 5) is 29.6. The Kier molecular flexibility index (Phi) is 4.14. The van der Waals surface area contributed by atoms with Crippen LogP contribution in [-0.4, -0.2) is 65.1 Å². The average Bonchev–Trinajstić information content (AvgIpc) is 3.33. The van der Waals surface area contributed by atoms with Crippen LogP contribution in [0.25, 0.3) is 0 Å². The Labute approximate surface area is 155 Å². The molecule has 26 heavy (non-hydrogen) atoms. The molecule has 2 amide bonds. The summed E-state index contributed by atoms with van der Waals surface area (Å²) in [6, 6.07) is 3.83. The fourth-order valence-electron chi connectivity index (χ4n) is 4.68. The van der Waals surface area contributed by atoms with Gasteiger partial charge in [0.25, 0.3) is 11.8 Å². The lowest BCUT2D eigenvalue weighted by Gasteiger charge is -2.44. The Hall–Kier alpha value is -1.82. The van der Waals surface area contributed by atoms with Crippen LogP contribution in [0, 0.1) is 10.8 Å². The van der Waals surface area contributed by atoms with E-state index in [9.17, 15) is 9.59 Å². The second-order valence-electron chi connectivity index (χ2n) is 8.85. The number of aryl methyl sites for hydroxylation is 1. The molecule has 0 aromatic carbocycles. The minimum Gasteiger partial charge on any atom is -0.367 e. The molecule has 0 bridgehead atoms. The molecule has 1 aromatic rings. The molecular weight excluding hydrogens is 330 g/mol. The van der Waals surface area contributed by atoms with Crippen LogP contribution in [0.15, 0.2) is 18.3 Å². The lowest BCUT2D eigenvalue weighted by atomic mass is 9.81. The number of ether oxygens (including phenoxy) is 1. The highest BCUT2D eigenvalue weighted by atomic mass is 16.5. The molecule has 4 rings (SSSR count). The predicted molar refractivity (Wildman–Crippen MR) is 97.8 cm³/mol. The van der Waals surface area contributed by atoms with Crippen molar-refractivity contribution in [3.63, 3.8) is 0 Å². The van der Waals surface area contributed by atoms with Crippen molar-refractivity contribution in [1.29, 1.82) is 0 Å². The Balaban J connectivity index is 1.41. The third-order valence-electron chi connectivity index (χ3n) is 6.42. The first kappa shape index (κ1) is 17.6. The van der Waals surface area contributed by atoms with E-state index in [0.717, 1.165) is 51.3 Å². The summed E-state index contributed by atoms with van der Waals surface area (Å²) in [6.07, 6.45) is 3.61. The van der Waals surface area contributed by atoms with Gasteiger partial charge in [0.05, 0.1) is 6.61 Å². The summed E-state index contributed by atoms with van der Waals surface area (Å²) in [5.74, 6) is 0.240. The van der Waals surface area contributed by atoms with Gasteiger partial charge in [0.1, 0.15) is 11.8 Å². The van der Waals surface area contributed by atoms with Crippen LogP contribution in [0.1, 0.15) is 44.1 Å². The van der Waals surface area contributed by atoms with Gasteiger partial charge in [-0.3, -0.25) is 9.59 Å². The number of rotatable bonds is 3. The van der Waals surface area contributed by atoms with Crippen LogP contribution in [0.3, 0.4) is 0 Å². The normalized spacial score (nSPS) is 30.0. The lowest BCUT2D eigenvalue weighted by Crippen LogP contribution is -2.57. The highest BCUT2D eigenvalue weighted by Crippen LogP contribution is 2.42. The van der Waals surface area contributed by atoms with Gasteiger partial charge >= 0.3 is 0 Å². The molecule has 0 saturated carbocycles. The molecule has 2 atom stereocenters. The number of carbonyl (C=O) groups is 2. The molecule has 3 fully saturated rings. The average molecular weight is 359 g/mol.